The van der Waals surface area contributed by atoms with Crippen LogP contribution in [0, 0.1) is 0 Å². The number of rotatable bonds is 0. The van der Waals surface area contributed by atoms with Crippen molar-refractivity contribution in [3.8, 4) is 0 Å². The Bertz CT molecular complexity index is 899. The van der Waals surface area contributed by atoms with Crippen LogP contribution < -0.4 is 0 Å². The number of hydrogen-bond acceptors (Lipinski definition) is 2. The van der Waals surface area contributed by atoms with E-state index >= 15 is 0 Å². The smallest absolute Gasteiger partial charge is 0.136 e. The van der Waals surface area contributed by atoms with Crippen LogP contribution in [0.3, 0.4) is 0 Å². The minimum absolute atomic E-state index is 0.525. The molecule has 0 bridgehead atoms. The molecule has 0 aliphatic rings. The van der Waals surface area contributed by atoms with Crippen LogP contribution in [-0.2, 0) is 0 Å². The van der Waals surface area contributed by atoms with E-state index in [1.807, 2.05) is 12.1 Å². The van der Waals surface area contributed by atoms with Gasteiger partial charge in [0.2, 0.25) is 0 Å². The van der Waals surface area contributed by atoms with E-state index in [-0.39, 0.29) is 0 Å². The van der Waals surface area contributed by atoms with Crippen LogP contribution in [0.4, 0.5) is 0 Å². The molecule has 0 radical (unpaired) electrons. The van der Waals surface area contributed by atoms with Crippen molar-refractivity contribution in [1.29, 1.82) is 0 Å². The second kappa shape index (κ2) is 4.30. The number of pyridine rings is 2. The highest BCUT2D eigenvalue weighted by Gasteiger charge is 2.06. The Morgan fingerprint density at radius 2 is 1.05 bits per heavy atom. The van der Waals surface area contributed by atoms with Crippen LogP contribution in [-0.4, -0.2) is 9.97 Å². The van der Waals surface area contributed by atoms with Crippen molar-refractivity contribution in [3.05, 3.63) is 59.1 Å². The number of nitrogens with zero attached hydrogens (tertiary/aromatic N) is 2. The van der Waals surface area contributed by atoms with Gasteiger partial charge in [-0.25, -0.2) is 9.97 Å². The van der Waals surface area contributed by atoms with Crippen LogP contribution in [0.2, 0.25) is 10.3 Å². The lowest BCUT2D eigenvalue weighted by Crippen LogP contribution is -1.83. The highest BCUT2D eigenvalue weighted by Crippen LogP contribution is 2.31. The van der Waals surface area contributed by atoms with Gasteiger partial charge in [-0.05, 0) is 57.9 Å². The van der Waals surface area contributed by atoms with Crippen LogP contribution in [0.5, 0.6) is 0 Å². The molecule has 2 aromatic heterocycles. The van der Waals surface area contributed by atoms with Gasteiger partial charge in [0.25, 0.3) is 0 Å². The van der Waals surface area contributed by atoms with Crippen molar-refractivity contribution in [2.75, 3.05) is 0 Å². The highest BCUT2D eigenvalue weighted by atomic mass is 35.5. The summed E-state index contributed by atoms with van der Waals surface area (Å²) in [5, 5.41) is 7.33. The fourth-order valence-corrected chi connectivity index (χ4v) is 2.96. The maximum Gasteiger partial charge on any atom is 0.136 e. The third-order valence-corrected chi connectivity index (χ3v) is 4.11. The number of halogens is 2. The molecule has 0 atom stereocenters. The molecule has 2 heterocycles. The maximum absolute atomic E-state index is 6.16. The fraction of sp³-hybridized carbons (Fsp3) is 0. The minimum Gasteiger partial charge on any atom is -0.244 e. The summed E-state index contributed by atoms with van der Waals surface area (Å²) in [4.78, 5) is 8.25. The fourth-order valence-electron chi connectivity index (χ4n) is 2.52. The largest absolute Gasteiger partial charge is 0.244 e. The molecule has 0 aliphatic carbocycles. The summed E-state index contributed by atoms with van der Waals surface area (Å²) in [6.45, 7) is 0. The lowest BCUT2D eigenvalue weighted by molar-refractivity contribution is 1.36. The van der Waals surface area contributed by atoms with Gasteiger partial charge >= 0.3 is 0 Å². The summed E-state index contributed by atoms with van der Waals surface area (Å²) in [5.74, 6) is 0. The van der Waals surface area contributed by atoms with E-state index in [2.05, 4.69) is 34.2 Å². The molecule has 0 spiro atoms. The third-order valence-electron chi connectivity index (χ3n) is 3.51. The molecule has 0 fully saturated rings. The first kappa shape index (κ1) is 11.9. The van der Waals surface area contributed by atoms with Gasteiger partial charge < -0.3 is 0 Å². The van der Waals surface area contributed by atoms with E-state index in [1.54, 1.807) is 12.4 Å². The van der Waals surface area contributed by atoms with Gasteiger partial charge in [0.05, 0.1) is 0 Å². The van der Waals surface area contributed by atoms with Crippen molar-refractivity contribution in [2.45, 2.75) is 0 Å². The molecule has 4 rings (SSSR count). The zero-order valence-electron chi connectivity index (χ0n) is 10.3. The predicted octanol–water partition coefficient (Wildman–Crippen LogP) is 5.24. The van der Waals surface area contributed by atoms with Gasteiger partial charge in [0.15, 0.2) is 0 Å². The molecule has 0 amide bonds. The molecule has 96 valence electrons. The van der Waals surface area contributed by atoms with Crippen LogP contribution in [0.25, 0.3) is 32.3 Å². The van der Waals surface area contributed by atoms with E-state index in [0.29, 0.717) is 10.3 Å². The van der Waals surface area contributed by atoms with Gasteiger partial charge in [-0.3, -0.25) is 0 Å². The number of hydrogen-bond donors (Lipinski definition) is 0. The second-order valence-electron chi connectivity index (χ2n) is 4.70. The van der Waals surface area contributed by atoms with E-state index < -0.39 is 0 Å². The Balaban J connectivity index is 2.20. The molecule has 0 saturated heterocycles. The van der Waals surface area contributed by atoms with Crippen molar-refractivity contribution in [2.24, 2.45) is 0 Å². The van der Waals surface area contributed by atoms with Crippen molar-refractivity contribution in [1.82, 2.24) is 9.97 Å². The lowest BCUT2D eigenvalue weighted by Gasteiger charge is -2.06. The summed E-state index contributed by atoms with van der Waals surface area (Å²) in [6.07, 6.45) is 3.43. The first-order valence-electron chi connectivity index (χ1n) is 6.14. The Kier molecular flexibility index (Phi) is 2.56. The molecule has 2 aromatic carbocycles. The zero-order valence-corrected chi connectivity index (χ0v) is 11.8. The summed E-state index contributed by atoms with van der Waals surface area (Å²) in [6, 6.07) is 12.2. The number of benzene rings is 2. The van der Waals surface area contributed by atoms with Crippen molar-refractivity contribution < 1.29 is 0 Å². The van der Waals surface area contributed by atoms with Crippen molar-refractivity contribution in [3.63, 3.8) is 0 Å². The van der Waals surface area contributed by atoms with Crippen molar-refractivity contribution >= 4 is 55.5 Å². The summed E-state index contributed by atoms with van der Waals surface area (Å²) >= 11 is 12.3. The Morgan fingerprint density at radius 1 is 0.600 bits per heavy atom. The quantitative estimate of drug-likeness (QED) is 0.327. The van der Waals surface area contributed by atoms with Crippen LogP contribution in [0.15, 0.2) is 48.8 Å². The molecule has 2 nitrogen and oxygen atoms in total. The van der Waals surface area contributed by atoms with E-state index in [0.717, 1.165) is 32.3 Å². The normalized spacial score (nSPS) is 11.5. The SMILES string of the molecule is Clc1nccc2cc3cc4c(Cl)nccc4cc3cc12. The molecular formula is C16H8Cl2N2. The molecule has 0 N–H and O–H groups in total. The summed E-state index contributed by atoms with van der Waals surface area (Å²) in [7, 11) is 0. The van der Waals surface area contributed by atoms with Gasteiger partial charge in [-0.15, -0.1) is 0 Å². The third kappa shape index (κ3) is 1.73. The maximum atomic E-state index is 6.16. The Morgan fingerprint density at radius 3 is 1.50 bits per heavy atom. The molecular weight excluding hydrogens is 291 g/mol. The second-order valence-corrected chi connectivity index (χ2v) is 5.41. The molecule has 0 saturated carbocycles. The van der Waals surface area contributed by atoms with Gasteiger partial charge in [-0.2, -0.15) is 0 Å². The van der Waals surface area contributed by atoms with E-state index in [9.17, 15) is 0 Å². The van der Waals surface area contributed by atoms with Gasteiger partial charge in [-0.1, -0.05) is 23.2 Å². The van der Waals surface area contributed by atoms with Crippen LogP contribution >= 0.6 is 23.2 Å². The lowest BCUT2D eigenvalue weighted by atomic mass is 10.0. The zero-order chi connectivity index (χ0) is 13.7. The van der Waals surface area contributed by atoms with Crippen LogP contribution in [0.1, 0.15) is 0 Å². The molecule has 0 unspecified atom stereocenters. The van der Waals surface area contributed by atoms with Gasteiger partial charge in [0, 0.05) is 23.2 Å². The minimum atomic E-state index is 0.525. The summed E-state index contributed by atoms with van der Waals surface area (Å²) in [5.41, 5.74) is 0. The predicted molar refractivity (Wildman–Crippen MR) is 84.6 cm³/mol. The highest BCUT2D eigenvalue weighted by molar-refractivity contribution is 6.35. The first-order chi connectivity index (χ1) is 9.72. The monoisotopic (exact) mass is 298 g/mol. The average molecular weight is 299 g/mol. The Labute approximate surface area is 125 Å². The average Bonchev–Trinajstić information content (AvgIpc) is 2.45. The van der Waals surface area contributed by atoms with E-state index in [1.165, 1.54) is 0 Å². The first-order valence-corrected chi connectivity index (χ1v) is 6.90. The van der Waals surface area contributed by atoms with E-state index in [4.69, 9.17) is 23.2 Å². The standard InChI is InChI=1S/C16H8Cl2N2/c17-15-13-7-12-6-10-2-4-20-16(18)14(10)8-11(12)5-9(13)1-3-19-15/h1-8H. The number of aromatic nitrogens is 2. The molecule has 4 aromatic rings. The molecule has 0 aliphatic heterocycles. The molecule has 4 heteroatoms. The number of fused-ring (bicyclic) bond motifs is 3. The Hall–Kier alpha value is -1.90. The topological polar surface area (TPSA) is 25.8 Å². The van der Waals surface area contributed by atoms with Gasteiger partial charge in [0.1, 0.15) is 10.3 Å². The summed E-state index contributed by atoms with van der Waals surface area (Å²) < 4.78 is 0. The molecule has 20 heavy (non-hydrogen) atoms.